The molecule has 0 bridgehead atoms. The second kappa shape index (κ2) is 6.43. The van der Waals surface area contributed by atoms with Crippen molar-refractivity contribution in [3.63, 3.8) is 0 Å². The fourth-order valence-corrected chi connectivity index (χ4v) is 1.64. The number of benzene rings is 1. The van der Waals surface area contributed by atoms with E-state index in [-0.39, 0.29) is 11.9 Å². The zero-order chi connectivity index (χ0) is 13.7. The highest BCUT2D eigenvalue weighted by Gasteiger charge is 2.11. The van der Waals surface area contributed by atoms with Gasteiger partial charge in [-0.05, 0) is 23.1 Å². The van der Waals surface area contributed by atoms with Crippen LogP contribution < -0.4 is 4.74 Å². The lowest BCUT2D eigenvalue weighted by atomic mass is 10.0. The van der Waals surface area contributed by atoms with Crippen molar-refractivity contribution < 1.29 is 14.3 Å². The predicted octanol–water partition coefficient (Wildman–Crippen LogP) is 3.52. The third-order valence-electron chi connectivity index (χ3n) is 2.77. The Balaban J connectivity index is 2.77. The molecule has 3 nitrogen and oxygen atoms in total. The Morgan fingerprint density at radius 3 is 2.39 bits per heavy atom. The van der Waals surface area contributed by atoms with Gasteiger partial charge in [0.2, 0.25) is 0 Å². The van der Waals surface area contributed by atoms with E-state index < -0.39 is 0 Å². The van der Waals surface area contributed by atoms with Crippen molar-refractivity contribution in [1.29, 1.82) is 0 Å². The molecule has 0 aliphatic heterocycles. The Morgan fingerprint density at radius 2 is 1.89 bits per heavy atom. The summed E-state index contributed by atoms with van der Waals surface area (Å²) in [5, 5.41) is 0. The van der Waals surface area contributed by atoms with Gasteiger partial charge in [0, 0.05) is 0 Å². The summed E-state index contributed by atoms with van der Waals surface area (Å²) in [6.45, 7) is 8.19. The van der Waals surface area contributed by atoms with Gasteiger partial charge in [0.25, 0.3) is 0 Å². The number of esters is 1. The molecule has 0 spiro atoms. The van der Waals surface area contributed by atoms with Gasteiger partial charge in [0.1, 0.15) is 12.4 Å². The van der Waals surface area contributed by atoms with Crippen molar-refractivity contribution in [2.45, 2.75) is 40.2 Å². The zero-order valence-corrected chi connectivity index (χ0v) is 11.8. The topological polar surface area (TPSA) is 35.5 Å². The molecule has 0 N–H and O–H groups in total. The van der Waals surface area contributed by atoms with Gasteiger partial charge in [-0.15, -0.1) is 0 Å². The maximum absolute atomic E-state index is 11.4. The maximum Gasteiger partial charge on any atom is 0.308 e. The quantitative estimate of drug-likeness (QED) is 0.750. The smallest absolute Gasteiger partial charge is 0.308 e. The van der Waals surface area contributed by atoms with E-state index >= 15 is 0 Å². The van der Waals surface area contributed by atoms with Crippen molar-refractivity contribution >= 4 is 5.97 Å². The highest BCUT2D eigenvalue weighted by molar-refractivity contribution is 5.71. The van der Waals surface area contributed by atoms with E-state index in [9.17, 15) is 4.79 Å². The van der Waals surface area contributed by atoms with Crippen LogP contribution in [0.2, 0.25) is 0 Å². The van der Waals surface area contributed by atoms with Crippen LogP contribution in [0.25, 0.3) is 0 Å². The first-order valence-corrected chi connectivity index (χ1v) is 6.29. The molecule has 0 amide bonds. The molecule has 3 heteroatoms. The lowest BCUT2D eigenvalue weighted by molar-refractivity contribution is -0.148. The van der Waals surface area contributed by atoms with Crippen molar-refractivity contribution in [2.24, 2.45) is 5.92 Å². The lowest BCUT2D eigenvalue weighted by Crippen LogP contribution is -2.11. The molecule has 0 aliphatic rings. The van der Waals surface area contributed by atoms with Crippen LogP contribution in [0.4, 0.5) is 0 Å². The van der Waals surface area contributed by atoms with Crippen LogP contribution in [0, 0.1) is 5.92 Å². The molecule has 0 saturated heterocycles. The molecule has 0 aliphatic carbocycles. The number of carbonyl (C=O) groups excluding carboxylic acids is 1. The maximum atomic E-state index is 11.4. The van der Waals surface area contributed by atoms with Gasteiger partial charge in [0.05, 0.1) is 13.0 Å². The molecular weight excluding hydrogens is 228 g/mol. The minimum atomic E-state index is -0.179. The zero-order valence-electron chi connectivity index (χ0n) is 11.8. The van der Waals surface area contributed by atoms with Gasteiger partial charge in [-0.25, -0.2) is 0 Å². The summed E-state index contributed by atoms with van der Waals surface area (Å²) in [6.07, 6.45) is 0. The molecule has 0 fully saturated rings. The van der Waals surface area contributed by atoms with Crippen LogP contribution in [0.15, 0.2) is 18.2 Å². The largest absolute Gasteiger partial charge is 0.496 e. The molecule has 0 atom stereocenters. The van der Waals surface area contributed by atoms with E-state index in [4.69, 9.17) is 9.47 Å². The first-order chi connectivity index (χ1) is 8.45. The molecule has 1 aromatic carbocycles. The van der Waals surface area contributed by atoms with Crippen LogP contribution in [0.5, 0.6) is 5.75 Å². The van der Waals surface area contributed by atoms with Crippen LogP contribution in [-0.2, 0) is 16.1 Å². The summed E-state index contributed by atoms with van der Waals surface area (Å²) < 4.78 is 10.6. The van der Waals surface area contributed by atoms with Crippen LogP contribution in [0.1, 0.15) is 44.7 Å². The molecule has 18 heavy (non-hydrogen) atoms. The Hall–Kier alpha value is -1.51. The summed E-state index contributed by atoms with van der Waals surface area (Å²) in [7, 11) is 1.66. The van der Waals surface area contributed by atoms with E-state index in [2.05, 4.69) is 13.8 Å². The second-order valence-electron chi connectivity index (χ2n) is 4.99. The average molecular weight is 250 g/mol. The number of methoxy groups -OCH3 is 1. The Labute approximate surface area is 109 Å². The number of hydrogen-bond donors (Lipinski definition) is 0. The summed E-state index contributed by atoms with van der Waals surface area (Å²) in [5.74, 6) is 0.985. The Bertz CT molecular complexity index is 408. The summed E-state index contributed by atoms with van der Waals surface area (Å²) in [5.41, 5.74) is 2.11. The van der Waals surface area contributed by atoms with E-state index in [0.717, 1.165) is 16.9 Å². The van der Waals surface area contributed by atoms with Crippen molar-refractivity contribution in [3.05, 3.63) is 29.3 Å². The predicted molar refractivity (Wildman–Crippen MR) is 71.7 cm³/mol. The third-order valence-corrected chi connectivity index (χ3v) is 2.77. The van der Waals surface area contributed by atoms with E-state index in [0.29, 0.717) is 12.5 Å². The molecule has 0 radical (unpaired) electrons. The summed E-state index contributed by atoms with van der Waals surface area (Å²) in [6, 6.07) is 5.94. The van der Waals surface area contributed by atoms with Gasteiger partial charge in [-0.1, -0.05) is 39.8 Å². The monoisotopic (exact) mass is 250 g/mol. The van der Waals surface area contributed by atoms with Crippen molar-refractivity contribution in [2.75, 3.05) is 7.11 Å². The summed E-state index contributed by atoms with van der Waals surface area (Å²) in [4.78, 5) is 11.4. The fourth-order valence-electron chi connectivity index (χ4n) is 1.64. The summed E-state index contributed by atoms with van der Waals surface area (Å²) >= 11 is 0. The van der Waals surface area contributed by atoms with E-state index in [1.54, 1.807) is 7.11 Å². The number of carbonyl (C=O) groups is 1. The van der Waals surface area contributed by atoms with Gasteiger partial charge in [-0.2, -0.15) is 0 Å². The SMILES string of the molecule is COc1cc(COC(=O)C(C)C)ccc1C(C)C. The third kappa shape index (κ3) is 3.76. The van der Waals surface area contributed by atoms with Crippen molar-refractivity contribution in [1.82, 2.24) is 0 Å². The van der Waals surface area contributed by atoms with E-state index in [1.807, 2.05) is 32.0 Å². The van der Waals surface area contributed by atoms with Gasteiger partial charge >= 0.3 is 5.97 Å². The average Bonchev–Trinajstić information content (AvgIpc) is 2.34. The molecule has 0 saturated carbocycles. The fraction of sp³-hybridized carbons (Fsp3) is 0.533. The molecule has 0 heterocycles. The molecule has 1 aromatic rings. The molecular formula is C15H22O3. The second-order valence-corrected chi connectivity index (χ2v) is 4.99. The lowest BCUT2D eigenvalue weighted by Gasteiger charge is -2.14. The van der Waals surface area contributed by atoms with E-state index in [1.165, 1.54) is 0 Å². The standard InChI is InChI=1S/C15H22O3/c1-10(2)13-7-6-12(8-14(13)17-5)9-18-15(16)11(3)4/h6-8,10-11H,9H2,1-5H3. The molecule has 0 aromatic heterocycles. The van der Waals surface area contributed by atoms with Crippen LogP contribution in [-0.4, -0.2) is 13.1 Å². The van der Waals surface area contributed by atoms with Gasteiger partial charge < -0.3 is 9.47 Å². The Kier molecular flexibility index (Phi) is 5.20. The number of ether oxygens (including phenoxy) is 2. The molecule has 0 unspecified atom stereocenters. The minimum absolute atomic E-state index is 0.0955. The number of hydrogen-bond acceptors (Lipinski definition) is 3. The molecule has 1 rings (SSSR count). The van der Waals surface area contributed by atoms with Crippen molar-refractivity contribution in [3.8, 4) is 5.75 Å². The Morgan fingerprint density at radius 1 is 1.22 bits per heavy atom. The first kappa shape index (κ1) is 14.6. The van der Waals surface area contributed by atoms with Gasteiger partial charge in [-0.3, -0.25) is 4.79 Å². The minimum Gasteiger partial charge on any atom is -0.496 e. The number of rotatable bonds is 5. The van der Waals surface area contributed by atoms with Crippen LogP contribution in [0.3, 0.4) is 0 Å². The normalized spacial score (nSPS) is 10.8. The first-order valence-electron chi connectivity index (χ1n) is 6.29. The highest BCUT2D eigenvalue weighted by atomic mass is 16.5. The highest BCUT2D eigenvalue weighted by Crippen LogP contribution is 2.27. The van der Waals surface area contributed by atoms with Gasteiger partial charge in [0.15, 0.2) is 0 Å². The molecule has 100 valence electrons. The van der Waals surface area contributed by atoms with Crippen LogP contribution >= 0.6 is 0 Å².